The molecule has 0 saturated heterocycles. The highest BCUT2D eigenvalue weighted by Gasteiger charge is 2.12. The molecule has 0 fully saturated rings. The van der Waals surface area contributed by atoms with E-state index in [0.29, 0.717) is 30.9 Å². The summed E-state index contributed by atoms with van der Waals surface area (Å²) >= 11 is 0. The Morgan fingerprint density at radius 1 is 1.12 bits per heavy atom. The van der Waals surface area contributed by atoms with Gasteiger partial charge in [-0.1, -0.05) is 0 Å². The monoisotopic (exact) mass is 328 g/mol. The van der Waals surface area contributed by atoms with E-state index < -0.39 is 5.97 Å². The number of hydrogen-bond acceptors (Lipinski definition) is 4. The van der Waals surface area contributed by atoms with Crippen molar-refractivity contribution in [2.24, 2.45) is 0 Å². The van der Waals surface area contributed by atoms with Crippen molar-refractivity contribution in [1.82, 2.24) is 9.88 Å². The number of hydrogen-bond donors (Lipinski definition) is 1. The lowest BCUT2D eigenvalue weighted by Crippen LogP contribution is -2.28. The van der Waals surface area contributed by atoms with E-state index in [0.717, 1.165) is 5.56 Å². The van der Waals surface area contributed by atoms with Gasteiger partial charge in [0, 0.05) is 38.0 Å². The number of carboxylic acids is 1. The summed E-state index contributed by atoms with van der Waals surface area (Å²) in [5.74, 6) is -0.315. The van der Waals surface area contributed by atoms with Gasteiger partial charge in [0.2, 0.25) is 0 Å². The minimum Gasteiger partial charge on any atom is -0.489 e. The van der Waals surface area contributed by atoms with Crippen LogP contribution in [0.1, 0.15) is 28.8 Å². The molecule has 0 aliphatic rings. The Morgan fingerprint density at radius 2 is 1.79 bits per heavy atom. The van der Waals surface area contributed by atoms with Crippen LogP contribution in [0.4, 0.5) is 0 Å². The van der Waals surface area contributed by atoms with E-state index in [-0.39, 0.29) is 12.3 Å². The number of pyridine rings is 1. The zero-order valence-electron chi connectivity index (χ0n) is 13.5. The Morgan fingerprint density at radius 3 is 2.42 bits per heavy atom. The van der Waals surface area contributed by atoms with Crippen LogP contribution in [0.15, 0.2) is 48.8 Å². The SMILES string of the molecule is CN(CCCC(=O)O)C(=O)c1ccc(OCc2ccncc2)cc1. The summed E-state index contributed by atoms with van der Waals surface area (Å²) < 4.78 is 5.66. The van der Waals surface area contributed by atoms with Crippen LogP contribution in [0.3, 0.4) is 0 Å². The summed E-state index contributed by atoms with van der Waals surface area (Å²) in [7, 11) is 1.66. The van der Waals surface area contributed by atoms with Gasteiger partial charge in [0.25, 0.3) is 5.91 Å². The maximum Gasteiger partial charge on any atom is 0.303 e. The van der Waals surface area contributed by atoms with Crippen LogP contribution in [0.5, 0.6) is 5.75 Å². The molecule has 1 heterocycles. The summed E-state index contributed by atoms with van der Waals surface area (Å²) in [5.41, 5.74) is 1.56. The molecule has 0 spiro atoms. The largest absolute Gasteiger partial charge is 0.489 e. The van der Waals surface area contributed by atoms with Crippen LogP contribution in [-0.2, 0) is 11.4 Å². The van der Waals surface area contributed by atoms with E-state index in [4.69, 9.17) is 9.84 Å². The average molecular weight is 328 g/mol. The summed E-state index contributed by atoms with van der Waals surface area (Å²) in [6.45, 7) is 0.844. The van der Waals surface area contributed by atoms with E-state index in [2.05, 4.69) is 4.98 Å². The van der Waals surface area contributed by atoms with E-state index in [9.17, 15) is 9.59 Å². The number of nitrogens with zero attached hydrogens (tertiary/aromatic N) is 2. The number of carbonyl (C=O) groups excluding carboxylic acids is 1. The molecule has 1 amide bonds. The predicted molar refractivity (Wildman–Crippen MR) is 88.8 cm³/mol. The molecule has 1 aromatic heterocycles. The molecule has 0 aliphatic heterocycles. The first-order valence-electron chi connectivity index (χ1n) is 7.65. The number of carboxylic acid groups (broad SMARTS) is 1. The number of aromatic nitrogens is 1. The van der Waals surface area contributed by atoms with Crippen molar-refractivity contribution in [1.29, 1.82) is 0 Å². The van der Waals surface area contributed by atoms with Crippen LogP contribution in [0, 0.1) is 0 Å². The van der Waals surface area contributed by atoms with E-state index in [1.54, 1.807) is 43.7 Å². The first-order valence-corrected chi connectivity index (χ1v) is 7.65. The van der Waals surface area contributed by atoms with Crippen molar-refractivity contribution in [3.63, 3.8) is 0 Å². The fourth-order valence-electron chi connectivity index (χ4n) is 2.13. The molecule has 0 aliphatic carbocycles. The predicted octanol–water partition coefficient (Wildman–Crippen LogP) is 2.60. The highest BCUT2D eigenvalue weighted by atomic mass is 16.5. The molecule has 126 valence electrons. The number of rotatable bonds is 8. The van der Waals surface area contributed by atoms with Gasteiger partial charge in [-0.2, -0.15) is 0 Å². The summed E-state index contributed by atoms with van der Waals surface area (Å²) in [6, 6.07) is 10.7. The second kappa shape index (κ2) is 8.67. The molecule has 24 heavy (non-hydrogen) atoms. The average Bonchev–Trinajstić information content (AvgIpc) is 2.60. The minimum atomic E-state index is -0.855. The number of benzene rings is 1. The third kappa shape index (κ3) is 5.39. The first-order chi connectivity index (χ1) is 11.6. The summed E-state index contributed by atoms with van der Waals surface area (Å²) in [6.07, 6.45) is 3.91. The fourth-order valence-corrected chi connectivity index (χ4v) is 2.13. The van der Waals surface area contributed by atoms with Crippen molar-refractivity contribution in [2.45, 2.75) is 19.4 Å². The van der Waals surface area contributed by atoms with Gasteiger partial charge in [-0.15, -0.1) is 0 Å². The molecule has 6 heteroatoms. The van der Waals surface area contributed by atoms with Gasteiger partial charge < -0.3 is 14.7 Å². The molecule has 2 aromatic rings. The zero-order valence-corrected chi connectivity index (χ0v) is 13.5. The molecule has 6 nitrogen and oxygen atoms in total. The molecule has 0 radical (unpaired) electrons. The lowest BCUT2D eigenvalue weighted by molar-refractivity contribution is -0.137. The van der Waals surface area contributed by atoms with E-state index in [1.807, 2.05) is 12.1 Å². The van der Waals surface area contributed by atoms with Gasteiger partial charge in [-0.25, -0.2) is 0 Å². The number of amides is 1. The Labute approximate surface area is 140 Å². The zero-order chi connectivity index (χ0) is 17.4. The first kappa shape index (κ1) is 17.5. The molecule has 0 bridgehead atoms. The molecular formula is C18H20N2O4. The summed E-state index contributed by atoms with van der Waals surface area (Å²) in [4.78, 5) is 28.2. The van der Waals surface area contributed by atoms with E-state index >= 15 is 0 Å². The Balaban J connectivity index is 1.86. The van der Waals surface area contributed by atoms with Gasteiger partial charge >= 0.3 is 5.97 Å². The molecule has 0 saturated carbocycles. The van der Waals surface area contributed by atoms with Crippen molar-refractivity contribution in [2.75, 3.05) is 13.6 Å². The van der Waals surface area contributed by atoms with E-state index in [1.165, 1.54) is 4.90 Å². The van der Waals surface area contributed by atoms with Crippen LogP contribution in [0.25, 0.3) is 0 Å². The third-order valence-corrected chi connectivity index (χ3v) is 3.49. The van der Waals surface area contributed by atoms with Gasteiger partial charge in [0.1, 0.15) is 12.4 Å². The van der Waals surface area contributed by atoms with Crippen LogP contribution >= 0.6 is 0 Å². The highest BCUT2D eigenvalue weighted by molar-refractivity contribution is 5.94. The lowest BCUT2D eigenvalue weighted by Gasteiger charge is -2.17. The molecule has 1 aromatic carbocycles. The smallest absolute Gasteiger partial charge is 0.303 e. The van der Waals surface area contributed by atoms with Crippen LogP contribution in [-0.4, -0.2) is 40.5 Å². The molecule has 0 atom stereocenters. The molecule has 2 rings (SSSR count). The van der Waals surface area contributed by atoms with Crippen molar-refractivity contribution in [3.8, 4) is 5.75 Å². The van der Waals surface area contributed by atoms with Crippen molar-refractivity contribution < 1.29 is 19.4 Å². The van der Waals surface area contributed by atoms with Crippen LogP contribution < -0.4 is 4.74 Å². The second-order valence-corrected chi connectivity index (χ2v) is 5.39. The van der Waals surface area contributed by atoms with Crippen LogP contribution in [0.2, 0.25) is 0 Å². The molecular weight excluding hydrogens is 308 g/mol. The maximum atomic E-state index is 12.2. The standard InChI is InChI=1S/C18H20N2O4/c1-20(12-2-3-17(21)22)18(23)15-4-6-16(7-5-15)24-13-14-8-10-19-11-9-14/h4-11H,2-3,12-13H2,1H3,(H,21,22). The number of ether oxygens (including phenoxy) is 1. The van der Waals surface area contributed by atoms with Gasteiger partial charge in [0.05, 0.1) is 0 Å². The quantitative estimate of drug-likeness (QED) is 0.806. The van der Waals surface area contributed by atoms with Gasteiger partial charge in [-0.05, 0) is 48.4 Å². The van der Waals surface area contributed by atoms with Crippen molar-refractivity contribution >= 4 is 11.9 Å². The maximum absolute atomic E-state index is 12.2. The van der Waals surface area contributed by atoms with Gasteiger partial charge in [-0.3, -0.25) is 14.6 Å². The highest BCUT2D eigenvalue weighted by Crippen LogP contribution is 2.15. The fraction of sp³-hybridized carbons (Fsp3) is 0.278. The molecule has 1 N–H and O–H groups in total. The number of carbonyl (C=O) groups is 2. The Bertz CT molecular complexity index is 671. The topological polar surface area (TPSA) is 79.7 Å². The van der Waals surface area contributed by atoms with Crippen molar-refractivity contribution in [3.05, 3.63) is 59.9 Å². The Kier molecular flexibility index (Phi) is 6.31. The normalized spacial score (nSPS) is 10.2. The second-order valence-electron chi connectivity index (χ2n) is 5.39. The minimum absolute atomic E-state index is 0.0550. The third-order valence-electron chi connectivity index (χ3n) is 3.49. The molecule has 0 unspecified atom stereocenters. The summed E-state index contributed by atoms with van der Waals surface area (Å²) in [5, 5.41) is 8.62. The van der Waals surface area contributed by atoms with Gasteiger partial charge in [0.15, 0.2) is 0 Å². The Hall–Kier alpha value is -2.89. The number of aliphatic carboxylic acids is 1. The lowest BCUT2D eigenvalue weighted by atomic mass is 10.2.